The number of ether oxygens (including phenoxy) is 1. The van der Waals surface area contributed by atoms with E-state index in [-0.39, 0.29) is 11.3 Å². The van der Waals surface area contributed by atoms with Gasteiger partial charge >= 0.3 is 5.97 Å². The number of carbonyl (C=O) groups excluding carboxylic acids is 2. The lowest BCUT2D eigenvalue weighted by atomic mass is 10.0. The number of ketones is 1. The summed E-state index contributed by atoms with van der Waals surface area (Å²) in [5.41, 5.74) is 2.08. The van der Waals surface area contributed by atoms with Crippen LogP contribution in [0.3, 0.4) is 0 Å². The van der Waals surface area contributed by atoms with Gasteiger partial charge in [-0.2, -0.15) is 0 Å². The van der Waals surface area contributed by atoms with Crippen LogP contribution in [0.15, 0.2) is 42.7 Å². The molecule has 0 aromatic heterocycles. The SMILES string of the molecule is C=C=CC(F)(F)CC(=O)c1ccc(OC(C)=O)cc1. The van der Waals surface area contributed by atoms with Crippen molar-refractivity contribution in [3.63, 3.8) is 0 Å². The lowest BCUT2D eigenvalue weighted by Gasteiger charge is -2.09. The molecule has 0 aliphatic heterocycles. The summed E-state index contributed by atoms with van der Waals surface area (Å²) in [6.45, 7) is 4.28. The standard InChI is InChI=1S/C14H12F2O3/c1-3-8-14(15,16)9-13(18)11-4-6-12(7-5-11)19-10(2)17/h4-8H,1,9H2,2H3. The van der Waals surface area contributed by atoms with Crippen LogP contribution >= 0.6 is 0 Å². The van der Waals surface area contributed by atoms with E-state index in [2.05, 4.69) is 6.58 Å². The highest BCUT2D eigenvalue weighted by molar-refractivity contribution is 5.96. The van der Waals surface area contributed by atoms with Crippen LogP contribution in [-0.2, 0) is 4.79 Å². The molecule has 19 heavy (non-hydrogen) atoms. The van der Waals surface area contributed by atoms with E-state index in [4.69, 9.17) is 4.74 Å². The molecule has 0 aliphatic carbocycles. The highest BCUT2D eigenvalue weighted by Gasteiger charge is 2.29. The van der Waals surface area contributed by atoms with E-state index in [1.165, 1.54) is 31.2 Å². The number of alkyl halides is 2. The molecule has 0 bridgehead atoms. The summed E-state index contributed by atoms with van der Waals surface area (Å²) in [5.74, 6) is -4.23. The van der Waals surface area contributed by atoms with Gasteiger partial charge in [-0.25, -0.2) is 8.78 Å². The summed E-state index contributed by atoms with van der Waals surface area (Å²) in [4.78, 5) is 22.3. The fourth-order valence-corrected chi connectivity index (χ4v) is 1.39. The van der Waals surface area contributed by atoms with E-state index >= 15 is 0 Å². The van der Waals surface area contributed by atoms with Gasteiger partial charge in [0.25, 0.3) is 5.92 Å². The number of allylic oxidation sites excluding steroid dienone is 1. The lowest BCUT2D eigenvalue weighted by Crippen LogP contribution is -2.18. The molecule has 0 atom stereocenters. The van der Waals surface area contributed by atoms with Crippen LogP contribution < -0.4 is 4.74 Å². The third kappa shape index (κ3) is 4.85. The van der Waals surface area contributed by atoms with Gasteiger partial charge in [0.05, 0.1) is 6.42 Å². The lowest BCUT2D eigenvalue weighted by molar-refractivity contribution is -0.131. The Kier molecular flexibility index (Phi) is 4.73. The number of rotatable bonds is 5. The highest BCUT2D eigenvalue weighted by atomic mass is 19.3. The molecule has 1 rings (SSSR count). The number of benzene rings is 1. The average molecular weight is 266 g/mol. The molecule has 0 N–H and O–H groups in total. The largest absolute Gasteiger partial charge is 0.427 e. The Morgan fingerprint density at radius 2 is 1.95 bits per heavy atom. The van der Waals surface area contributed by atoms with Crippen molar-refractivity contribution in [2.24, 2.45) is 0 Å². The first-order valence-electron chi connectivity index (χ1n) is 5.40. The predicted molar refractivity (Wildman–Crippen MR) is 65.4 cm³/mol. The Labute approximate surface area is 109 Å². The first-order valence-corrected chi connectivity index (χ1v) is 5.40. The zero-order valence-electron chi connectivity index (χ0n) is 10.3. The molecule has 0 spiro atoms. The molecule has 1 aromatic carbocycles. The number of hydrogen-bond acceptors (Lipinski definition) is 3. The van der Waals surface area contributed by atoms with Crippen LogP contribution in [0.2, 0.25) is 0 Å². The van der Waals surface area contributed by atoms with Gasteiger partial charge in [0.15, 0.2) is 5.78 Å². The summed E-state index contributed by atoms with van der Waals surface area (Å²) in [5, 5.41) is 0. The molecule has 5 heteroatoms. The van der Waals surface area contributed by atoms with Gasteiger partial charge in [-0.05, 0) is 24.3 Å². The van der Waals surface area contributed by atoms with Crippen LogP contribution in [0.4, 0.5) is 8.78 Å². The molecule has 0 heterocycles. The normalized spacial score (nSPS) is 10.5. The third-order valence-electron chi connectivity index (χ3n) is 2.15. The monoisotopic (exact) mass is 266 g/mol. The van der Waals surface area contributed by atoms with Gasteiger partial charge in [-0.15, -0.1) is 5.73 Å². The van der Waals surface area contributed by atoms with Crippen LogP contribution in [0.5, 0.6) is 5.75 Å². The Hall–Kier alpha value is -2.26. The number of hydrogen-bond donors (Lipinski definition) is 0. The quantitative estimate of drug-likeness (QED) is 0.356. The van der Waals surface area contributed by atoms with Crippen molar-refractivity contribution in [1.82, 2.24) is 0 Å². The summed E-state index contributed by atoms with van der Waals surface area (Å²) in [6.07, 6.45) is -0.499. The Bertz CT molecular complexity index is 526. The number of carbonyl (C=O) groups is 2. The molecular weight excluding hydrogens is 254 g/mol. The molecule has 1 aromatic rings. The van der Waals surface area contributed by atoms with Gasteiger partial charge in [-0.1, -0.05) is 6.58 Å². The molecule has 100 valence electrons. The number of esters is 1. The van der Waals surface area contributed by atoms with E-state index in [1.807, 2.05) is 5.73 Å². The van der Waals surface area contributed by atoms with Crippen molar-refractivity contribution in [3.05, 3.63) is 48.2 Å². The van der Waals surface area contributed by atoms with Crippen LogP contribution in [0.1, 0.15) is 23.7 Å². The summed E-state index contributed by atoms with van der Waals surface area (Å²) in [7, 11) is 0. The molecule has 3 nitrogen and oxygen atoms in total. The Morgan fingerprint density at radius 3 is 2.42 bits per heavy atom. The Morgan fingerprint density at radius 1 is 1.37 bits per heavy atom. The molecule has 0 aliphatic rings. The second-order valence-corrected chi connectivity index (χ2v) is 3.83. The summed E-state index contributed by atoms with van der Waals surface area (Å²) >= 11 is 0. The molecule has 0 saturated carbocycles. The van der Waals surface area contributed by atoms with Gasteiger partial charge in [0, 0.05) is 18.6 Å². The summed E-state index contributed by atoms with van der Waals surface area (Å²) < 4.78 is 31.1. The van der Waals surface area contributed by atoms with Crippen LogP contribution in [-0.4, -0.2) is 17.7 Å². The maximum Gasteiger partial charge on any atom is 0.308 e. The zero-order valence-corrected chi connectivity index (χ0v) is 10.3. The van der Waals surface area contributed by atoms with E-state index in [1.54, 1.807) is 0 Å². The first kappa shape index (κ1) is 14.8. The van der Waals surface area contributed by atoms with Gasteiger partial charge in [0.1, 0.15) is 5.75 Å². The van der Waals surface area contributed by atoms with E-state index in [0.717, 1.165) is 0 Å². The van der Waals surface area contributed by atoms with Crippen molar-refractivity contribution >= 4 is 11.8 Å². The predicted octanol–water partition coefficient (Wildman–Crippen LogP) is 3.16. The second-order valence-electron chi connectivity index (χ2n) is 3.83. The Balaban J connectivity index is 2.78. The molecule has 0 unspecified atom stereocenters. The van der Waals surface area contributed by atoms with Crippen molar-refractivity contribution in [3.8, 4) is 5.75 Å². The molecule has 0 saturated heterocycles. The first-order chi connectivity index (χ1) is 8.84. The maximum absolute atomic E-state index is 13.2. The van der Waals surface area contributed by atoms with Crippen molar-refractivity contribution < 1.29 is 23.1 Å². The molecular formula is C14H12F2O3. The fourth-order valence-electron chi connectivity index (χ4n) is 1.39. The van der Waals surface area contributed by atoms with Gasteiger partial charge < -0.3 is 4.74 Å². The van der Waals surface area contributed by atoms with Crippen molar-refractivity contribution in [1.29, 1.82) is 0 Å². The van der Waals surface area contributed by atoms with Gasteiger partial charge in [-0.3, -0.25) is 9.59 Å². The topological polar surface area (TPSA) is 43.4 Å². The minimum atomic E-state index is -3.27. The number of Topliss-reactive ketones (excluding diaryl/α,β-unsaturated/α-hetero) is 1. The van der Waals surface area contributed by atoms with Crippen molar-refractivity contribution in [2.45, 2.75) is 19.3 Å². The van der Waals surface area contributed by atoms with E-state index in [0.29, 0.717) is 6.08 Å². The average Bonchev–Trinajstić information content (AvgIpc) is 2.28. The summed E-state index contributed by atoms with van der Waals surface area (Å²) in [6, 6.07) is 5.40. The highest BCUT2D eigenvalue weighted by Crippen LogP contribution is 2.23. The third-order valence-corrected chi connectivity index (χ3v) is 2.15. The van der Waals surface area contributed by atoms with E-state index in [9.17, 15) is 18.4 Å². The van der Waals surface area contributed by atoms with Crippen LogP contribution in [0, 0.1) is 0 Å². The molecule has 0 amide bonds. The smallest absolute Gasteiger partial charge is 0.308 e. The van der Waals surface area contributed by atoms with E-state index < -0.39 is 24.1 Å². The maximum atomic E-state index is 13.2. The van der Waals surface area contributed by atoms with Gasteiger partial charge in [0.2, 0.25) is 0 Å². The molecule has 0 radical (unpaired) electrons. The minimum Gasteiger partial charge on any atom is -0.427 e. The van der Waals surface area contributed by atoms with Crippen molar-refractivity contribution in [2.75, 3.05) is 0 Å². The zero-order chi connectivity index (χ0) is 14.5. The fraction of sp³-hybridized carbons (Fsp3) is 0.214. The second kappa shape index (κ2) is 6.07. The minimum absolute atomic E-state index is 0.119. The number of halogens is 2. The molecule has 0 fully saturated rings. The van der Waals surface area contributed by atoms with Crippen LogP contribution in [0.25, 0.3) is 0 Å².